The van der Waals surface area contributed by atoms with Crippen LogP contribution in [0.15, 0.2) is 30.3 Å². The van der Waals surface area contributed by atoms with Gasteiger partial charge in [0, 0.05) is 11.7 Å². The first-order valence-electron chi connectivity index (χ1n) is 7.32. The van der Waals surface area contributed by atoms with Crippen molar-refractivity contribution in [1.82, 2.24) is 5.32 Å². The average molecular weight is 290 g/mol. The summed E-state index contributed by atoms with van der Waals surface area (Å²) in [4.78, 5) is 25.5. The standard InChI is InChI=1S/C16H22N2O3/c1-12(2)18(13-7-4-3-5-8-13)14(19)11-17-16(15(20)21)9-6-10-16/h3-5,7-8,12,17H,6,9-11H2,1-2H3,(H,20,21). The van der Waals surface area contributed by atoms with Gasteiger partial charge in [0.15, 0.2) is 0 Å². The van der Waals surface area contributed by atoms with Gasteiger partial charge in [0.25, 0.3) is 0 Å². The lowest BCUT2D eigenvalue weighted by Gasteiger charge is -2.39. The molecule has 1 aromatic carbocycles. The number of hydrogen-bond acceptors (Lipinski definition) is 3. The van der Waals surface area contributed by atoms with E-state index in [0.717, 1.165) is 12.1 Å². The third kappa shape index (κ3) is 3.24. The monoisotopic (exact) mass is 290 g/mol. The molecule has 1 fully saturated rings. The molecule has 0 aromatic heterocycles. The van der Waals surface area contributed by atoms with Crippen molar-refractivity contribution in [2.24, 2.45) is 0 Å². The number of anilines is 1. The van der Waals surface area contributed by atoms with Crippen LogP contribution in [-0.4, -0.2) is 35.1 Å². The molecule has 1 aliphatic rings. The van der Waals surface area contributed by atoms with Crippen molar-refractivity contribution in [3.05, 3.63) is 30.3 Å². The van der Waals surface area contributed by atoms with Gasteiger partial charge in [-0.2, -0.15) is 0 Å². The quantitative estimate of drug-likeness (QED) is 0.841. The number of hydrogen-bond donors (Lipinski definition) is 2. The van der Waals surface area contributed by atoms with E-state index in [1.54, 1.807) is 4.90 Å². The molecule has 1 aromatic rings. The highest BCUT2D eigenvalue weighted by atomic mass is 16.4. The molecule has 114 valence electrons. The Kier molecular flexibility index (Phi) is 4.63. The molecule has 0 bridgehead atoms. The second-order valence-electron chi connectivity index (χ2n) is 5.79. The molecule has 1 amide bonds. The first-order chi connectivity index (χ1) is 9.96. The first kappa shape index (κ1) is 15.5. The Hall–Kier alpha value is -1.88. The molecule has 21 heavy (non-hydrogen) atoms. The van der Waals surface area contributed by atoms with Crippen molar-refractivity contribution in [3.8, 4) is 0 Å². The van der Waals surface area contributed by atoms with Gasteiger partial charge in [-0.25, -0.2) is 0 Å². The van der Waals surface area contributed by atoms with Crippen LogP contribution in [0.1, 0.15) is 33.1 Å². The summed E-state index contributed by atoms with van der Waals surface area (Å²) in [6, 6.07) is 9.46. The van der Waals surface area contributed by atoms with Crippen LogP contribution in [-0.2, 0) is 9.59 Å². The Morgan fingerprint density at radius 2 is 1.90 bits per heavy atom. The van der Waals surface area contributed by atoms with Crippen LogP contribution in [0.3, 0.4) is 0 Å². The maximum Gasteiger partial charge on any atom is 0.323 e. The number of nitrogens with zero attached hydrogens (tertiary/aromatic N) is 1. The van der Waals surface area contributed by atoms with Gasteiger partial charge in [-0.15, -0.1) is 0 Å². The van der Waals surface area contributed by atoms with Crippen LogP contribution < -0.4 is 10.2 Å². The fraction of sp³-hybridized carbons (Fsp3) is 0.500. The summed E-state index contributed by atoms with van der Waals surface area (Å²) < 4.78 is 0. The van der Waals surface area contributed by atoms with Gasteiger partial charge in [0.2, 0.25) is 5.91 Å². The van der Waals surface area contributed by atoms with Crippen molar-refractivity contribution in [3.63, 3.8) is 0 Å². The van der Waals surface area contributed by atoms with Gasteiger partial charge in [-0.1, -0.05) is 18.2 Å². The summed E-state index contributed by atoms with van der Waals surface area (Å²) in [6.07, 6.45) is 2.06. The topological polar surface area (TPSA) is 69.6 Å². The number of para-hydroxylation sites is 1. The summed E-state index contributed by atoms with van der Waals surface area (Å²) in [5, 5.41) is 12.2. The number of carbonyl (C=O) groups excluding carboxylic acids is 1. The molecule has 0 spiro atoms. The van der Waals surface area contributed by atoms with Gasteiger partial charge in [0.1, 0.15) is 5.54 Å². The zero-order chi connectivity index (χ0) is 15.5. The van der Waals surface area contributed by atoms with E-state index in [1.807, 2.05) is 44.2 Å². The lowest BCUT2D eigenvalue weighted by Crippen LogP contribution is -2.59. The largest absolute Gasteiger partial charge is 0.480 e. The molecule has 1 aliphatic carbocycles. The van der Waals surface area contributed by atoms with Crippen molar-refractivity contribution < 1.29 is 14.7 Å². The number of carboxylic acid groups (broad SMARTS) is 1. The normalized spacial score (nSPS) is 16.3. The zero-order valence-corrected chi connectivity index (χ0v) is 12.5. The minimum atomic E-state index is -0.908. The van der Waals surface area contributed by atoms with Crippen molar-refractivity contribution in [1.29, 1.82) is 0 Å². The number of carboxylic acids is 1. The fourth-order valence-electron chi connectivity index (χ4n) is 2.65. The molecule has 0 radical (unpaired) electrons. The van der Waals surface area contributed by atoms with E-state index >= 15 is 0 Å². The van der Waals surface area contributed by atoms with Crippen molar-refractivity contribution in [2.45, 2.75) is 44.7 Å². The molecule has 5 nitrogen and oxygen atoms in total. The van der Waals surface area contributed by atoms with Crippen LogP contribution in [0.5, 0.6) is 0 Å². The van der Waals surface area contributed by atoms with E-state index in [-0.39, 0.29) is 18.5 Å². The Balaban J connectivity index is 2.05. The molecule has 0 unspecified atom stereocenters. The first-order valence-corrected chi connectivity index (χ1v) is 7.32. The SMILES string of the molecule is CC(C)N(C(=O)CNC1(C(=O)O)CCC1)c1ccccc1. The molecule has 2 N–H and O–H groups in total. The molecule has 0 saturated heterocycles. The summed E-state index contributed by atoms with van der Waals surface area (Å²) >= 11 is 0. The zero-order valence-electron chi connectivity index (χ0n) is 12.5. The van der Waals surface area contributed by atoms with Crippen LogP contribution in [0.2, 0.25) is 0 Å². The lowest BCUT2D eigenvalue weighted by molar-refractivity contribution is -0.148. The predicted molar refractivity (Wildman–Crippen MR) is 81.3 cm³/mol. The van der Waals surface area contributed by atoms with Crippen LogP contribution in [0.25, 0.3) is 0 Å². The summed E-state index contributed by atoms with van der Waals surface area (Å²) in [6.45, 7) is 3.93. The van der Waals surface area contributed by atoms with Crippen LogP contribution >= 0.6 is 0 Å². The Labute approximate surface area is 125 Å². The molecule has 0 aliphatic heterocycles. The number of nitrogens with one attached hydrogen (secondary N) is 1. The Morgan fingerprint density at radius 1 is 1.29 bits per heavy atom. The second kappa shape index (κ2) is 6.26. The molecular weight excluding hydrogens is 268 g/mol. The number of amides is 1. The summed E-state index contributed by atoms with van der Waals surface area (Å²) in [5.74, 6) is -0.971. The van der Waals surface area contributed by atoms with Crippen molar-refractivity contribution in [2.75, 3.05) is 11.4 Å². The minimum absolute atomic E-state index is 0.0175. The summed E-state index contributed by atoms with van der Waals surface area (Å²) in [7, 11) is 0. The van der Waals surface area contributed by atoms with Gasteiger partial charge < -0.3 is 10.0 Å². The smallest absolute Gasteiger partial charge is 0.323 e. The molecular formula is C16H22N2O3. The maximum atomic E-state index is 12.5. The number of benzene rings is 1. The number of carbonyl (C=O) groups is 2. The van der Waals surface area contributed by atoms with E-state index in [2.05, 4.69) is 5.32 Å². The van der Waals surface area contributed by atoms with E-state index < -0.39 is 11.5 Å². The predicted octanol–water partition coefficient (Wildman–Crippen LogP) is 2.02. The highest BCUT2D eigenvalue weighted by Crippen LogP contribution is 2.32. The van der Waals surface area contributed by atoms with Crippen LogP contribution in [0.4, 0.5) is 5.69 Å². The van der Waals surface area contributed by atoms with Crippen LogP contribution in [0, 0.1) is 0 Å². The van der Waals surface area contributed by atoms with Gasteiger partial charge >= 0.3 is 5.97 Å². The van der Waals surface area contributed by atoms with E-state index in [0.29, 0.717) is 12.8 Å². The molecule has 1 saturated carbocycles. The van der Waals surface area contributed by atoms with E-state index in [1.165, 1.54) is 0 Å². The lowest BCUT2D eigenvalue weighted by atomic mass is 9.77. The van der Waals surface area contributed by atoms with Crippen molar-refractivity contribution >= 4 is 17.6 Å². The Morgan fingerprint density at radius 3 is 2.33 bits per heavy atom. The molecule has 5 heteroatoms. The third-order valence-corrected chi connectivity index (χ3v) is 4.01. The molecule has 0 atom stereocenters. The summed E-state index contributed by atoms with van der Waals surface area (Å²) in [5.41, 5.74) is -0.0769. The van der Waals surface area contributed by atoms with E-state index in [4.69, 9.17) is 0 Å². The Bertz CT molecular complexity index is 510. The maximum absolute atomic E-state index is 12.5. The minimum Gasteiger partial charge on any atom is -0.480 e. The van der Waals surface area contributed by atoms with Gasteiger partial charge in [-0.05, 0) is 45.2 Å². The highest BCUT2D eigenvalue weighted by Gasteiger charge is 2.44. The molecule has 0 heterocycles. The van der Waals surface area contributed by atoms with Gasteiger partial charge in [-0.3, -0.25) is 14.9 Å². The highest BCUT2D eigenvalue weighted by molar-refractivity contribution is 5.95. The van der Waals surface area contributed by atoms with Gasteiger partial charge in [0.05, 0.1) is 6.54 Å². The fourth-order valence-corrected chi connectivity index (χ4v) is 2.65. The average Bonchev–Trinajstić information content (AvgIpc) is 2.38. The number of aliphatic carboxylic acids is 1. The van der Waals surface area contributed by atoms with E-state index in [9.17, 15) is 14.7 Å². The second-order valence-corrected chi connectivity index (χ2v) is 5.79. The third-order valence-electron chi connectivity index (χ3n) is 4.01. The number of rotatable bonds is 6. The molecule has 2 rings (SSSR count).